The molecule has 3 rings (SSSR count). The van der Waals surface area contributed by atoms with Crippen molar-refractivity contribution in [3.8, 4) is 0 Å². The van der Waals surface area contributed by atoms with Gasteiger partial charge in [0.05, 0.1) is 30.9 Å². The molecule has 1 saturated heterocycles. The predicted molar refractivity (Wildman–Crippen MR) is 114 cm³/mol. The molecule has 0 aromatic rings. The van der Waals surface area contributed by atoms with Crippen LogP contribution in [0.4, 0.5) is 0 Å². The molecule has 1 amide bonds. The minimum Gasteiger partial charge on any atom is -0.429 e. The molecule has 1 aliphatic heterocycles. The summed E-state index contributed by atoms with van der Waals surface area (Å²) in [6, 6.07) is -0.211. The van der Waals surface area contributed by atoms with Crippen molar-refractivity contribution in [3.05, 3.63) is 0 Å². The molecule has 27 heavy (non-hydrogen) atoms. The van der Waals surface area contributed by atoms with E-state index >= 15 is 0 Å². The number of carbonyl (C=O) groups is 1. The van der Waals surface area contributed by atoms with Crippen molar-refractivity contribution in [2.24, 2.45) is 16.7 Å². The summed E-state index contributed by atoms with van der Waals surface area (Å²) < 4.78 is 45.2. The Balaban J connectivity index is 1.73. The van der Waals surface area contributed by atoms with E-state index in [1.807, 2.05) is 6.82 Å². The highest BCUT2D eigenvalue weighted by molar-refractivity contribution is 8.15. The van der Waals surface area contributed by atoms with Crippen molar-refractivity contribution in [1.29, 1.82) is 1.34 Å². The van der Waals surface area contributed by atoms with Gasteiger partial charge in [0.2, 0.25) is 23.0 Å². The van der Waals surface area contributed by atoms with Crippen molar-refractivity contribution < 1.29 is 22.0 Å². The first-order chi connectivity index (χ1) is 13.0. The molecule has 2 aliphatic carbocycles. The van der Waals surface area contributed by atoms with Gasteiger partial charge in [-0.3, -0.25) is 4.79 Å². The van der Waals surface area contributed by atoms with Crippen LogP contribution in [0.1, 0.15) is 46.0 Å². The van der Waals surface area contributed by atoms with Gasteiger partial charge in [-0.15, -0.1) is 9.12 Å². The molecule has 2 saturated carbocycles. The molecule has 1 radical (unpaired) electrons. The molecular formula is C16H29B2NO5PS2. The Morgan fingerprint density at radius 2 is 2.30 bits per heavy atom. The lowest BCUT2D eigenvalue weighted by Gasteiger charge is -2.37. The minimum atomic E-state index is -3.61. The van der Waals surface area contributed by atoms with Crippen LogP contribution < -0.4 is 0 Å². The van der Waals surface area contributed by atoms with E-state index in [1.54, 1.807) is 0 Å². The molecule has 1 heterocycles. The van der Waals surface area contributed by atoms with E-state index in [-0.39, 0.29) is 41.6 Å². The van der Waals surface area contributed by atoms with Crippen LogP contribution in [0.2, 0.25) is 6.82 Å². The van der Waals surface area contributed by atoms with Gasteiger partial charge in [-0.25, -0.2) is 12.7 Å². The zero-order valence-electron chi connectivity index (χ0n) is 17.2. The van der Waals surface area contributed by atoms with E-state index in [0.29, 0.717) is 18.9 Å². The quantitative estimate of drug-likeness (QED) is 0.239. The number of hydrogen-bond acceptors (Lipinski definition) is 6. The third-order valence-electron chi connectivity index (χ3n) is 7.06. The first-order valence-electron chi connectivity index (χ1n) is 10.1. The molecule has 2 bridgehead atoms. The number of sulfonamides is 1. The van der Waals surface area contributed by atoms with Gasteiger partial charge in [-0.1, -0.05) is 32.6 Å². The average Bonchev–Trinajstić information content (AvgIpc) is 3.05. The number of amides is 1. The first-order valence-corrected chi connectivity index (χ1v) is 12.6. The van der Waals surface area contributed by atoms with E-state index in [9.17, 15) is 13.2 Å². The van der Waals surface area contributed by atoms with E-state index in [2.05, 4.69) is 23.0 Å². The van der Waals surface area contributed by atoms with Crippen LogP contribution in [0.5, 0.6) is 0 Å². The number of carbonyl (C=O) groups excluding carboxylic acids is 1. The summed E-state index contributed by atoms with van der Waals surface area (Å²) in [6.07, 6.45) is 2.78. The van der Waals surface area contributed by atoms with Gasteiger partial charge in [-0.05, 0) is 38.4 Å². The monoisotopic (exact) mass is 434 g/mol. The Morgan fingerprint density at radius 1 is 1.56 bits per heavy atom. The molecule has 3 fully saturated rings. The van der Waals surface area contributed by atoms with Crippen molar-refractivity contribution in [3.63, 3.8) is 0 Å². The fourth-order valence-electron chi connectivity index (χ4n) is 5.65. The molecule has 151 valence electrons. The fraction of sp³-hybridized carbons (Fsp3) is 0.938. The smallest absolute Gasteiger partial charge is 0.312 e. The van der Waals surface area contributed by atoms with Gasteiger partial charge in [0.15, 0.2) is 0 Å². The van der Waals surface area contributed by atoms with E-state index in [0.717, 1.165) is 38.2 Å². The molecule has 3 unspecified atom stereocenters. The highest BCUT2D eigenvalue weighted by Crippen LogP contribution is 2.70. The van der Waals surface area contributed by atoms with Gasteiger partial charge in [0, 0.05) is 5.41 Å². The second kappa shape index (κ2) is 7.82. The molecule has 0 aromatic carbocycles. The standard InChI is InChI=1S/C16H29B2NO5PS2/c1-15(2)11-4-6-16(15)10-27(21,22)19(13(16)8-11)14(20)9-12(24-18(3)25)5-7-23-26-17/h11-13,17H,4-10,25H2,1-3H3/t11?,12-,13?,16-/m1/s1/i17T. The predicted octanol–water partition coefficient (Wildman–Crippen LogP) is 1.99. The lowest BCUT2D eigenvalue weighted by molar-refractivity contribution is -0.130. The third kappa shape index (κ3) is 3.74. The molecule has 5 atom stereocenters. The Morgan fingerprint density at radius 3 is 2.93 bits per heavy atom. The number of hydrogen-bond donors (Lipinski definition) is 0. The molecule has 0 N–H and O–H groups in total. The lowest BCUT2D eigenvalue weighted by Crippen LogP contribution is -2.45. The van der Waals surface area contributed by atoms with Crippen molar-refractivity contribution in [2.45, 2.75) is 64.9 Å². The summed E-state index contributed by atoms with van der Waals surface area (Å²) in [5.74, 6) is 0.208. The highest BCUT2D eigenvalue weighted by atomic mass is 32.2. The Labute approximate surface area is 172 Å². The summed E-state index contributed by atoms with van der Waals surface area (Å²) in [6.45, 7) is 6.37. The fourth-order valence-corrected chi connectivity index (χ4v) is 8.63. The second-order valence-corrected chi connectivity index (χ2v) is 11.9. The van der Waals surface area contributed by atoms with Gasteiger partial charge in [0.1, 0.15) is 0 Å². The Kier molecular flexibility index (Phi) is 5.95. The molecule has 1 spiro atoms. The van der Waals surface area contributed by atoms with Crippen LogP contribution in [-0.2, 0) is 23.7 Å². The van der Waals surface area contributed by atoms with Crippen LogP contribution in [0, 0.1) is 16.7 Å². The summed E-state index contributed by atoms with van der Waals surface area (Å²) in [4.78, 5) is 13.1. The van der Waals surface area contributed by atoms with Crippen molar-refractivity contribution in [2.75, 3.05) is 12.4 Å². The summed E-state index contributed by atoms with van der Waals surface area (Å²) in [5.41, 5.74) is -0.359. The van der Waals surface area contributed by atoms with E-state index in [4.69, 9.17) is 10.2 Å². The Bertz CT molecular complexity index is 713. The summed E-state index contributed by atoms with van der Waals surface area (Å²) >= 11 is 0.922. The maximum Gasteiger partial charge on any atom is 0.312 e. The topological polar surface area (TPSA) is 72.9 Å². The SMILES string of the molecule is [3H][B]SOCC[C@H](CC(=O)N1C2CC3CC[C@]2(CS1(=O)=O)C3(C)C)OB(C)P. The van der Waals surface area contributed by atoms with E-state index < -0.39 is 16.1 Å². The van der Waals surface area contributed by atoms with Gasteiger partial charge < -0.3 is 8.84 Å². The van der Waals surface area contributed by atoms with Crippen molar-refractivity contribution >= 4 is 50.7 Å². The maximum atomic E-state index is 13.1. The van der Waals surface area contributed by atoms with Crippen LogP contribution in [0.25, 0.3) is 0 Å². The first kappa shape index (κ1) is 20.5. The van der Waals surface area contributed by atoms with Crippen molar-refractivity contribution in [1.82, 2.24) is 4.31 Å². The average molecular weight is 434 g/mol. The summed E-state index contributed by atoms with van der Waals surface area (Å²) in [5, 5.41) is 0. The second-order valence-electron chi connectivity index (χ2n) is 8.68. The minimum absolute atomic E-state index is 0.0221. The largest absolute Gasteiger partial charge is 0.429 e. The Hall–Kier alpha value is 0.250. The normalized spacial score (nSPS) is 34.2. The van der Waals surface area contributed by atoms with Crippen LogP contribution in [-0.4, -0.2) is 58.2 Å². The zero-order valence-corrected chi connectivity index (χ0v) is 19.0. The number of nitrogens with zero attached hydrogens (tertiary/aromatic N) is 1. The molecule has 3 aliphatic rings. The summed E-state index contributed by atoms with van der Waals surface area (Å²) in [7, 11) is 0.0166. The van der Waals surface area contributed by atoms with Crippen LogP contribution in [0.3, 0.4) is 0 Å². The molecular weight excluding hydrogens is 403 g/mol. The maximum absolute atomic E-state index is 13.1. The number of rotatable bonds is 9. The molecule has 6 nitrogen and oxygen atoms in total. The van der Waals surface area contributed by atoms with Gasteiger partial charge in [-0.2, -0.15) is 0 Å². The highest BCUT2D eigenvalue weighted by Gasteiger charge is 2.72. The van der Waals surface area contributed by atoms with Crippen LogP contribution >= 0.6 is 21.0 Å². The van der Waals surface area contributed by atoms with Crippen LogP contribution in [0.15, 0.2) is 0 Å². The molecule has 0 aromatic heterocycles. The van der Waals surface area contributed by atoms with Gasteiger partial charge in [0.25, 0.3) is 0 Å². The third-order valence-corrected chi connectivity index (χ3v) is 9.45. The lowest BCUT2D eigenvalue weighted by atomic mass is 9.69. The molecule has 11 heteroatoms. The zero-order chi connectivity index (χ0) is 20.7. The van der Waals surface area contributed by atoms with Gasteiger partial charge >= 0.3 is 6.64 Å². The van der Waals surface area contributed by atoms with E-state index in [1.165, 1.54) is 4.31 Å². The number of fused-ring (bicyclic) bond motifs is 1.